The largest absolute Gasteiger partial charge is 0.497 e. The van der Waals surface area contributed by atoms with Gasteiger partial charge in [-0.2, -0.15) is 0 Å². The average Bonchev–Trinajstić information content (AvgIpc) is 2.86. The van der Waals surface area contributed by atoms with Gasteiger partial charge in [0.25, 0.3) is 0 Å². The molecule has 0 spiro atoms. The summed E-state index contributed by atoms with van der Waals surface area (Å²) >= 11 is 0. The molecule has 0 aromatic heterocycles. The number of benzene rings is 1. The third-order valence-corrected chi connectivity index (χ3v) is 4.00. The quantitative estimate of drug-likeness (QED) is 0.763. The van der Waals surface area contributed by atoms with Crippen LogP contribution in [0.3, 0.4) is 0 Å². The van der Waals surface area contributed by atoms with Crippen molar-refractivity contribution in [2.75, 3.05) is 7.11 Å². The highest BCUT2D eigenvalue weighted by molar-refractivity contribution is 5.98. The van der Waals surface area contributed by atoms with Gasteiger partial charge in [0.05, 0.1) is 7.11 Å². The maximum absolute atomic E-state index is 12.5. The summed E-state index contributed by atoms with van der Waals surface area (Å²) in [5, 5.41) is 0. The van der Waals surface area contributed by atoms with Crippen molar-refractivity contribution in [3.63, 3.8) is 0 Å². The minimum atomic E-state index is -0.0279. The molecule has 0 heterocycles. The zero-order valence-corrected chi connectivity index (χ0v) is 11.5. The molecule has 2 unspecified atom stereocenters. The molecule has 0 bridgehead atoms. The first-order valence-corrected chi connectivity index (χ1v) is 6.85. The summed E-state index contributed by atoms with van der Waals surface area (Å²) in [6, 6.07) is 7.22. The predicted molar refractivity (Wildman–Crippen MR) is 73.5 cm³/mol. The van der Waals surface area contributed by atoms with Crippen LogP contribution >= 0.6 is 0 Å². The Kier molecular flexibility index (Phi) is 4.35. The lowest BCUT2D eigenvalue weighted by molar-refractivity contribution is -0.117. The van der Waals surface area contributed by atoms with Gasteiger partial charge in [-0.25, -0.2) is 0 Å². The summed E-state index contributed by atoms with van der Waals surface area (Å²) in [6.07, 6.45) is 2.86. The Balaban J connectivity index is 2.13. The van der Waals surface area contributed by atoms with E-state index in [4.69, 9.17) is 4.74 Å². The van der Waals surface area contributed by atoms with E-state index in [1.165, 1.54) is 0 Å². The van der Waals surface area contributed by atoms with Crippen LogP contribution in [-0.2, 0) is 4.79 Å². The normalized spacial score (nSPS) is 20.3. The number of rotatable bonds is 5. The van der Waals surface area contributed by atoms with Crippen molar-refractivity contribution >= 4 is 11.6 Å². The van der Waals surface area contributed by atoms with Crippen LogP contribution in [0.25, 0.3) is 0 Å². The van der Waals surface area contributed by atoms with Crippen LogP contribution in [0.2, 0.25) is 0 Å². The van der Waals surface area contributed by atoms with Crippen molar-refractivity contribution in [2.24, 2.45) is 11.8 Å². The maximum Gasteiger partial charge on any atom is 0.166 e. The lowest BCUT2D eigenvalue weighted by Crippen LogP contribution is -2.22. The van der Waals surface area contributed by atoms with Crippen molar-refractivity contribution < 1.29 is 14.3 Å². The molecule has 0 amide bonds. The molecule has 102 valence electrons. The van der Waals surface area contributed by atoms with Crippen LogP contribution in [-0.4, -0.2) is 18.7 Å². The predicted octanol–water partition coefficient (Wildman–Crippen LogP) is 3.27. The molecule has 1 aliphatic carbocycles. The van der Waals surface area contributed by atoms with Crippen LogP contribution in [0.15, 0.2) is 24.3 Å². The fraction of sp³-hybridized carbons (Fsp3) is 0.500. The molecule has 2 rings (SSSR count). The van der Waals surface area contributed by atoms with E-state index in [1.807, 2.05) is 6.92 Å². The number of ether oxygens (including phenoxy) is 1. The van der Waals surface area contributed by atoms with Gasteiger partial charge in [0.2, 0.25) is 0 Å². The van der Waals surface area contributed by atoms with Gasteiger partial charge in [-0.05, 0) is 43.0 Å². The standard InChI is InChI=1S/C16H20O3/c1-3-15(12-4-7-13(17)10-12)16(18)11-5-8-14(19-2)9-6-11/h5-6,8-9,12,15H,3-4,7,10H2,1-2H3. The monoisotopic (exact) mass is 260 g/mol. The number of ketones is 2. The fourth-order valence-electron chi connectivity index (χ4n) is 2.89. The second kappa shape index (κ2) is 6.00. The smallest absolute Gasteiger partial charge is 0.166 e. The molecular formula is C16H20O3. The Morgan fingerprint density at radius 3 is 2.53 bits per heavy atom. The highest BCUT2D eigenvalue weighted by atomic mass is 16.5. The Bertz CT molecular complexity index is 461. The Morgan fingerprint density at radius 2 is 2.05 bits per heavy atom. The summed E-state index contributed by atoms with van der Waals surface area (Å²) < 4.78 is 5.09. The molecule has 1 aliphatic rings. The van der Waals surface area contributed by atoms with Gasteiger partial charge < -0.3 is 4.74 Å². The summed E-state index contributed by atoms with van der Waals surface area (Å²) in [7, 11) is 1.61. The van der Waals surface area contributed by atoms with Gasteiger partial charge in [-0.1, -0.05) is 6.92 Å². The lowest BCUT2D eigenvalue weighted by atomic mass is 9.83. The van der Waals surface area contributed by atoms with Crippen molar-refractivity contribution in [1.82, 2.24) is 0 Å². The Labute approximate surface area is 114 Å². The van der Waals surface area contributed by atoms with Gasteiger partial charge in [-0.3, -0.25) is 9.59 Å². The van der Waals surface area contributed by atoms with Crippen LogP contribution in [0.1, 0.15) is 43.0 Å². The molecule has 3 heteroatoms. The van der Waals surface area contributed by atoms with Gasteiger partial charge >= 0.3 is 0 Å². The zero-order chi connectivity index (χ0) is 13.8. The third-order valence-electron chi connectivity index (χ3n) is 4.00. The maximum atomic E-state index is 12.5. The summed E-state index contributed by atoms with van der Waals surface area (Å²) in [5.74, 6) is 1.41. The SMILES string of the molecule is CCC(C(=O)c1ccc(OC)cc1)C1CCC(=O)C1. The van der Waals surface area contributed by atoms with E-state index in [1.54, 1.807) is 31.4 Å². The molecule has 1 fully saturated rings. The molecular weight excluding hydrogens is 240 g/mol. The van der Waals surface area contributed by atoms with Crippen LogP contribution in [0, 0.1) is 11.8 Å². The topological polar surface area (TPSA) is 43.4 Å². The molecule has 0 N–H and O–H groups in total. The molecule has 0 saturated heterocycles. The highest BCUT2D eigenvalue weighted by Crippen LogP contribution is 2.33. The summed E-state index contributed by atoms with van der Waals surface area (Å²) in [6.45, 7) is 2.02. The lowest BCUT2D eigenvalue weighted by Gasteiger charge is -2.20. The molecule has 19 heavy (non-hydrogen) atoms. The van der Waals surface area contributed by atoms with Crippen LogP contribution in [0.5, 0.6) is 5.75 Å². The molecule has 1 saturated carbocycles. The second-order valence-corrected chi connectivity index (χ2v) is 5.15. The van der Waals surface area contributed by atoms with E-state index in [2.05, 4.69) is 0 Å². The highest BCUT2D eigenvalue weighted by Gasteiger charge is 2.33. The third kappa shape index (κ3) is 3.03. The molecule has 1 aromatic rings. The minimum absolute atomic E-state index is 0.0279. The van der Waals surface area contributed by atoms with Crippen molar-refractivity contribution in [3.05, 3.63) is 29.8 Å². The van der Waals surface area contributed by atoms with Gasteiger partial charge in [0, 0.05) is 24.3 Å². The molecule has 0 radical (unpaired) electrons. The number of carbonyl (C=O) groups is 2. The van der Waals surface area contributed by atoms with Gasteiger partial charge in [0.15, 0.2) is 5.78 Å². The van der Waals surface area contributed by atoms with E-state index in [0.29, 0.717) is 24.2 Å². The first-order valence-electron chi connectivity index (χ1n) is 6.85. The first kappa shape index (κ1) is 13.8. The van der Waals surface area contributed by atoms with Gasteiger partial charge in [0.1, 0.15) is 11.5 Å². The minimum Gasteiger partial charge on any atom is -0.497 e. The van der Waals surface area contributed by atoms with E-state index in [9.17, 15) is 9.59 Å². The van der Waals surface area contributed by atoms with Crippen molar-refractivity contribution in [1.29, 1.82) is 0 Å². The van der Waals surface area contributed by atoms with Gasteiger partial charge in [-0.15, -0.1) is 0 Å². The van der Waals surface area contributed by atoms with E-state index < -0.39 is 0 Å². The first-order chi connectivity index (χ1) is 9.15. The number of hydrogen-bond acceptors (Lipinski definition) is 3. The van der Waals surface area contributed by atoms with Crippen molar-refractivity contribution in [2.45, 2.75) is 32.6 Å². The van der Waals surface area contributed by atoms with E-state index >= 15 is 0 Å². The van der Waals surface area contributed by atoms with Crippen molar-refractivity contribution in [3.8, 4) is 5.75 Å². The Morgan fingerprint density at radius 1 is 1.37 bits per heavy atom. The number of Topliss-reactive ketones (excluding diaryl/α,β-unsaturated/α-hetero) is 2. The average molecular weight is 260 g/mol. The number of methoxy groups -OCH3 is 1. The van der Waals surface area contributed by atoms with E-state index in [0.717, 1.165) is 18.6 Å². The van der Waals surface area contributed by atoms with E-state index in [-0.39, 0.29) is 17.6 Å². The molecule has 1 aromatic carbocycles. The summed E-state index contributed by atoms with van der Waals surface area (Å²) in [4.78, 5) is 23.9. The zero-order valence-electron chi connectivity index (χ0n) is 11.5. The number of carbonyl (C=O) groups excluding carboxylic acids is 2. The van der Waals surface area contributed by atoms with Crippen LogP contribution in [0.4, 0.5) is 0 Å². The Hall–Kier alpha value is -1.64. The molecule has 3 nitrogen and oxygen atoms in total. The van der Waals surface area contributed by atoms with Crippen LogP contribution < -0.4 is 4.74 Å². The number of hydrogen-bond donors (Lipinski definition) is 0. The summed E-state index contributed by atoms with van der Waals surface area (Å²) in [5.41, 5.74) is 0.715. The fourth-order valence-corrected chi connectivity index (χ4v) is 2.89. The second-order valence-electron chi connectivity index (χ2n) is 5.15. The molecule has 0 aliphatic heterocycles. The molecule has 2 atom stereocenters.